The van der Waals surface area contributed by atoms with E-state index in [4.69, 9.17) is 10.4 Å². The second-order valence-corrected chi connectivity index (χ2v) is 3.23. The van der Waals surface area contributed by atoms with E-state index in [0.717, 1.165) is 0 Å². The van der Waals surface area contributed by atoms with Crippen LogP contribution in [0, 0.1) is 17.1 Å². The van der Waals surface area contributed by atoms with Gasteiger partial charge in [0.1, 0.15) is 11.9 Å². The molecule has 2 N–H and O–H groups in total. The minimum absolute atomic E-state index is 0.0248. The Labute approximate surface area is 92.3 Å². The number of benzene rings is 1. The summed E-state index contributed by atoms with van der Waals surface area (Å²) in [4.78, 5) is 10.2. The largest absolute Gasteiger partial charge is 0.481 e. The van der Waals surface area contributed by atoms with Crippen LogP contribution in [0.1, 0.15) is 18.4 Å². The van der Waals surface area contributed by atoms with Crippen molar-refractivity contribution >= 4 is 11.7 Å². The van der Waals surface area contributed by atoms with Crippen LogP contribution in [0.25, 0.3) is 0 Å². The van der Waals surface area contributed by atoms with Gasteiger partial charge in [0.2, 0.25) is 0 Å². The second kappa shape index (κ2) is 5.71. The molecule has 0 unspecified atom stereocenters. The fourth-order valence-corrected chi connectivity index (χ4v) is 1.19. The van der Waals surface area contributed by atoms with E-state index in [1.54, 1.807) is 6.07 Å². The average Bonchev–Trinajstić information content (AvgIpc) is 2.26. The summed E-state index contributed by atoms with van der Waals surface area (Å²) in [7, 11) is 0. The van der Waals surface area contributed by atoms with E-state index in [0.29, 0.717) is 18.7 Å². The summed E-state index contributed by atoms with van der Waals surface area (Å²) in [5.41, 5.74) is 0.589. The van der Waals surface area contributed by atoms with E-state index in [1.807, 2.05) is 0 Å². The molecule has 0 amide bonds. The first kappa shape index (κ1) is 12.0. The second-order valence-electron chi connectivity index (χ2n) is 3.23. The Bertz CT molecular complexity index is 426. The highest BCUT2D eigenvalue weighted by Crippen LogP contribution is 2.13. The zero-order valence-electron chi connectivity index (χ0n) is 8.53. The fraction of sp³-hybridized carbons (Fsp3) is 0.273. The van der Waals surface area contributed by atoms with Gasteiger partial charge in [-0.2, -0.15) is 5.26 Å². The van der Waals surface area contributed by atoms with Crippen molar-refractivity contribution in [2.45, 2.75) is 12.8 Å². The number of carbonyl (C=O) groups is 1. The van der Waals surface area contributed by atoms with Crippen molar-refractivity contribution in [3.05, 3.63) is 29.6 Å². The molecule has 0 saturated carbocycles. The lowest BCUT2D eigenvalue weighted by molar-refractivity contribution is -0.137. The Kier molecular flexibility index (Phi) is 4.28. The van der Waals surface area contributed by atoms with Gasteiger partial charge in [0.05, 0.1) is 5.56 Å². The van der Waals surface area contributed by atoms with Gasteiger partial charge in [-0.3, -0.25) is 4.79 Å². The molecule has 0 heterocycles. The van der Waals surface area contributed by atoms with Gasteiger partial charge in [-0.05, 0) is 24.6 Å². The molecule has 84 valence electrons. The third kappa shape index (κ3) is 3.58. The highest BCUT2D eigenvalue weighted by Gasteiger charge is 2.02. The van der Waals surface area contributed by atoms with Crippen molar-refractivity contribution in [2.75, 3.05) is 11.9 Å². The molecule has 16 heavy (non-hydrogen) atoms. The number of halogens is 1. The fourth-order valence-electron chi connectivity index (χ4n) is 1.19. The van der Waals surface area contributed by atoms with E-state index in [1.165, 1.54) is 18.2 Å². The molecule has 0 aliphatic carbocycles. The number of carboxylic acids is 1. The topological polar surface area (TPSA) is 73.1 Å². The van der Waals surface area contributed by atoms with Crippen molar-refractivity contribution in [3.63, 3.8) is 0 Å². The number of carboxylic acid groups (broad SMARTS) is 1. The van der Waals surface area contributed by atoms with Gasteiger partial charge in [0.25, 0.3) is 0 Å². The van der Waals surface area contributed by atoms with E-state index in [9.17, 15) is 9.18 Å². The van der Waals surface area contributed by atoms with Gasteiger partial charge < -0.3 is 10.4 Å². The molecule has 0 spiro atoms. The molecule has 4 nitrogen and oxygen atoms in total. The van der Waals surface area contributed by atoms with Crippen LogP contribution >= 0.6 is 0 Å². The third-order valence-electron chi connectivity index (χ3n) is 1.98. The molecule has 0 saturated heterocycles. The van der Waals surface area contributed by atoms with Gasteiger partial charge in [-0.25, -0.2) is 4.39 Å². The van der Waals surface area contributed by atoms with Crippen LogP contribution in [0.4, 0.5) is 10.1 Å². The number of aliphatic carboxylic acids is 1. The van der Waals surface area contributed by atoms with Gasteiger partial charge in [-0.1, -0.05) is 0 Å². The summed E-state index contributed by atoms with van der Waals surface area (Å²) >= 11 is 0. The van der Waals surface area contributed by atoms with Crippen LogP contribution in [0.5, 0.6) is 0 Å². The van der Waals surface area contributed by atoms with Crippen LogP contribution in [0.3, 0.4) is 0 Å². The first-order valence-electron chi connectivity index (χ1n) is 4.79. The number of nitrogens with one attached hydrogen (secondary N) is 1. The first-order valence-corrected chi connectivity index (χ1v) is 4.79. The van der Waals surface area contributed by atoms with Gasteiger partial charge >= 0.3 is 5.97 Å². The summed E-state index contributed by atoms with van der Waals surface area (Å²) in [5.74, 6) is -1.41. The van der Waals surface area contributed by atoms with Crippen molar-refractivity contribution in [1.29, 1.82) is 5.26 Å². The standard InChI is InChI=1S/C11H11FN2O2/c12-10-4-3-9(6-8(10)7-13)14-5-1-2-11(15)16/h3-4,6,14H,1-2,5H2,(H,15,16). The molecule has 5 heteroatoms. The molecule has 0 aliphatic heterocycles. The molecule has 0 atom stereocenters. The van der Waals surface area contributed by atoms with Crippen LogP contribution in [-0.2, 0) is 4.79 Å². The summed E-state index contributed by atoms with van der Waals surface area (Å²) in [6, 6.07) is 5.85. The molecule has 1 aromatic rings. The quantitative estimate of drug-likeness (QED) is 0.747. The van der Waals surface area contributed by atoms with E-state index in [2.05, 4.69) is 5.32 Å². The summed E-state index contributed by atoms with van der Waals surface area (Å²) < 4.78 is 12.9. The van der Waals surface area contributed by atoms with E-state index in [-0.39, 0.29) is 12.0 Å². The molecular formula is C11H11FN2O2. The van der Waals surface area contributed by atoms with E-state index < -0.39 is 11.8 Å². The Hall–Kier alpha value is -2.09. The SMILES string of the molecule is N#Cc1cc(NCCCC(=O)O)ccc1F. The predicted molar refractivity (Wildman–Crippen MR) is 56.5 cm³/mol. The smallest absolute Gasteiger partial charge is 0.303 e. The lowest BCUT2D eigenvalue weighted by atomic mass is 10.2. The molecule has 0 radical (unpaired) electrons. The maximum absolute atomic E-state index is 12.9. The lowest BCUT2D eigenvalue weighted by Gasteiger charge is -2.05. The van der Waals surface area contributed by atoms with Crippen molar-refractivity contribution in [3.8, 4) is 6.07 Å². The average molecular weight is 222 g/mol. The predicted octanol–water partition coefficient (Wildman–Crippen LogP) is 1.97. The highest BCUT2D eigenvalue weighted by atomic mass is 19.1. The lowest BCUT2D eigenvalue weighted by Crippen LogP contribution is -2.05. The van der Waals surface area contributed by atoms with Crippen molar-refractivity contribution in [2.24, 2.45) is 0 Å². The number of nitriles is 1. The molecule has 0 aromatic heterocycles. The highest BCUT2D eigenvalue weighted by molar-refractivity contribution is 5.66. The monoisotopic (exact) mass is 222 g/mol. The normalized spacial score (nSPS) is 9.50. The Balaban J connectivity index is 2.49. The maximum Gasteiger partial charge on any atom is 0.303 e. The van der Waals surface area contributed by atoms with Gasteiger partial charge in [0.15, 0.2) is 0 Å². The maximum atomic E-state index is 12.9. The first-order chi connectivity index (χ1) is 7.63. The molecule has 1 aromatic carbocycles. The van der Waals surface area contributed by atoms with Gasteiger partial charge in [0, 0.05) is 18.7 Å². The molecular weight excluding hydrogens is 211 g/mol. The summed E-state index contributed by atoms with van der Waals surface area (Å²) in [5, 5.41) is 19.9. The van der Waals surface area contributed by atoms with Crippen LogP contribution < -0.4 is 5.32 Å². The minimum Gasteiger partial charge on any atom is -0.481 e. The Morgan fingerprint density at radius 3 is 2.94 bits per heavy atom. The number of rotatable bonds is 5. The summed E-state index contributed by atoms with van der Waals surface area (Å²) in [6.07, 6.45) is 0.563. The van der Waals surface area contributed by atoms with Crippen LogP contribution in [-0.4, -0.2) is 17.6 Å². The number of hydrogen-bond donors (Lipinski definition) is 2. The number of hydrogen-bond acceptors (Lipinski definition) is 3. The van der Waals surface area contributed by atoms with Crippen molar-refractivity contribution in [1.82, 2.24) is 0 Å². The molecule has 0 aliphatic rings. The molecule has 0 bridgehead atoms. The zero-order chi connectivity index (χ0) is 12.0. The zero-order valence-corrected chi connectivity index (χ0v) is 8.53. The van der Waals surface area contributed by atoms with Crippen LogP contribution in [0.15, 0.2) is 18.2 Å². The Morgan fingerprint density at radius 2 is 2.31 bits per heavy atom. The van der Waals surface area contributed by atoms with Gasteiger partial charge in [-0.15, -0.1) is 0 Å². The third-order valence-corrected chi connectivity index (χ3v) is 1.98. The molecule has 1 rings (SSSR count). The summed E-state index contributed by atoms with van der Waals surface area (Å²) in [6.45, 7) is 0.475. The Morgan fingerprint density at radius 1 is 1.56 bits per heavy atom. The minimum atomic E-state index is -0.848. The van der Waals surface area contributed by atoms with Crippen LogP contribution in [0.2, 0.25) is 0 Å². The van der Waals surface area contributed by atoms with E-state index >= 15 is 0 Å². The molecule has 0 fully saturated rings. The van der Waals surface area contributed by atoms with Crippen molar-refractivity contribution < 1.29 is 14.3 Å². The number of nitrogens with zero attached hydrogens (tertiary/aromatic N) is 1. The number of anilines is 1.